The van der Waals surface area contributed by atoms with Gasteiger partial charge in [-0.3, -0.25) is 9.59 Å². The summed E-state index contributed by atoms with van der Waals surface area (Å²) in [7, 11) is 0. The van der Waals surface area contributed by atoms with Crippen LogP contribution in [0.3, 0.4) is 0 Å². The van der Waals surface area contributed by atoms with Crippen molar-refractivity contribution in [3.63, 3.8) is 0 Å². The molecule has 2 aliphatic heterocycles. The van der Waals surface area contributed by atoms with Gasteiger partial charge in [0.2, 0.25) is 0 Å². The number of hydrogen-bond acceptors (Lipinski definition) is 4. The zero-order valence-electron chi connectivity index (χ0n) is 20.1. The van der Waals surface area contributed by atoms with Crippen LogP contribution >= 0.6 is 0 Å². The van der Waals surface area contributed by atoms with Crippen molar-refractivity contribution >= 4 is 11.7 Å². The fraction of sp³-hybridized carbons (Fsp3) is 0.333. The second kappa shape index (κ2) is 10.9. The third-order valence-corrected chi connectivity index (χ3v) is 7.06. The molecule has 1 atom stereocenters. The van der Waals surface area contributed by atoms with Gasteiger partial charge in [0.05, 0.1) is 0 Å². The van der Waals surface area contributed by atoms with Gasteiger partial charge < -0.3 is 14.5 Å². The van der Waals surface area contributed by atoms with Crippen LogP contribution in [-0.4, -0.2) is 53.7 Å². The Bertz CT molecular complexity index is 1140. The van der Waals surface area contributed by atoms with Crippen molar-refractivity contribution in [2.45, 2.75) is 38.3 Å². The lowest BCUT2D eigenvalue weighted by molar-refractivity contribution is 0.0708. The van der Waals surface area contributed by atoms with Gasteiger partial charge >= 0.3 is 0 Å². The van der Waals surface area contributed by atoms with Crippen molar-refractivity contribution in [3.05, 3.63) is 101 Å². The van der Waals surface area contributed by atoms with E-state index in [9.17, 15) is 9.59 Å². The molecule has 180 valence electrons. The van der Waals surface area contributed by atoms with E-state index in [1.54, 1.807) is 0 Å². The van der Waals surface area contributed by atoms with Crippen LogP contribution in [0.4, 0.5) is 0 Å². The van der Waals surface area contributed by atoms with E-state index in [1.807, 2.05) is 78.9 Å². The van der Waals surface area contributed by atoms with Crippen molar-refractivity contribution in [3.8, 4) is 5.75 Å². The minimum atomic E-state index is 0.0130. The van der Waals surface area contributed by atoms with Gasteiger partial charge in [0.1, 0.15) is 12.4 Å². The second-order valence-corrected chi connectivity index (χ2v) is 9.51. The van der Waals surface area contributed by atoms with Crippen molar-refractivity contribution in [1.29, 1.82) is 0 Å². The summed E-state index contributed by atoms with van der Waals surface area (Å²) in [5.41, 5.74) is 3.04. The van der Waals surface area contributed by atoms with E-state index in [2.05, 4.69) is 9.80 Å². The van der Waals surface area contributed by atoms with Crippen molar-refractivity contribution < 1.29 is 14.3 Å². The van der Waals surface area contributed by atoms with Crippen molar-refractivity contribution in [1.82, 2.24) is 9.80 Å². The molecule has 0 N–H and O–H groups in total. The van der Waals surface area contributed by atoms with Crippen LogP contribution in [0.15, 0.2) is 78.9 Å². The number of hydrogen-bond donors (Lipinski definition) is 0. The predicted molar refractivity (Wildman–Crippen MR) is 137 cm³/mol. The van der Waals surface area contributed by atoms with Gasteiger partial charge in [-0.1, -0.05) is 54.6 Å². The molecule has 0 saturated carbocycles. The SMILES string of the molecule is O=C(c1ccccc1)c1ccc(COc2ccc(C(=O)N3CCCC3CN3CCCC3)cc2)cc1. The third-order valence-electron chi connectivity index (χ3n) is 7.06. The number of benzene rings is 3. The molecular formula is C30H32N2O3. The minimum absolute atomic E-state index is 0.0130. The predicted octanol–water partition coefficient (Wildman–Crippen LogP) is 5.20. The van der Waals surface area contributed by atoms with Gasteiger partial charge in [0, 0.05) is 35.8 Å². The van der Waals surface area contributed by atoms with Gasteiger partial charge in [0.15, 0.2) is 5.78 Å². The van der Waals surface area contributed by atoms with Gasteiger partial charge in [-0.2, -0.15) is 0 Å². The van der Waals surface area contributed by atoms with Crippen molar-refractivity contribution in [2.75, 3.05) is 26.2 Å². The summed E-state index contributed by atoms with van der Waals surface area (Å²) >= 11 is 0. The molecule has 0 radical (unpaired) electrons. The number of nitrogens with zero attached hydrogens (tertiary/aromatic N) is 2. The van der Waals surface area contributed by atoms with E-state index in [0.717, 1.165) is 55.9 Å². The zero-order valence-corrected chi connectivity index (χ0v) is 20.1. The maximum Gasteiger partial charge on any atom is 0.254 e. The maximum atomic E-state index is 13.2. The van der Waals surface area contributed by atoms with E-state index < -0.39 is 0 Å². The number of likely N-dealkylation sites (tertiary alicyclic amines) is 2. The third kappa shape index (κ3) is 5.63. The Balaban J connectivity index is 1.15. The molecule has 2 heterocycles. The summed E-state index contributed by atoms with van der Waals surface area (Å²) in [4.78, 5) is 30.3. The van der Waals surface area contributed by atoms with Crippen LogP contribution in [0.2, 0.25) is 0 Å². The van der Waals surface area contributed by atoms with Crippen LogP contribution in [-0.2, 0) is 6.61 Å². The lowest BCUT2D eigenvalue weighted by Gasteiger charge is -2.28. The number of amides is 1. The topological polar surface area (TPSA) is 49.9 Å². The standard InChI is InChI=1S/C30H32N2O3/c33-29(24-7-2-1-3-8-24)25-12-10-23(11-13-25)22-35-28-16-14-26(15-17-28)30(34)32-20-6-9-27(32)21-31-18-4-5-19-31/h1-3,7-8,10-17,27H,4-6,9,18-22H2. The fourth-order valence-corrected chi connectivity index (χ4v) is 5.09. The summed E-state index contributed by atoms with van der Waals surface area (Å²) in [5.74, 6) is 0.858. The van der Waals surface area contributed by atoms with Crippen molar-refractivity contribution in [2.24, 2.45) is 0 Å². The number of ether oxygens (including phenoxy) is 1. The van der Waals surface area contributed by atoms with Gasteiger partial charge in [-0.05, 0) is 68.6 Å². The summed E-state index contributed by atoms with van der Waals surface area (Å²) in [6.07, 6.45) is 4.73. The molecule has 0 aromatic heterocycles. The Hall–Kier alpha value is -3.44. The fourth-order valence-electron chi connectivity index (χ4n) is 5.09. The second-order valence-electron chi connectivity index (χ2n) is 9.51. The average Bonchev–Trinajstić information content (AvgIpc) is 3.60. The first-order valence-corrected chi connectivity index (χ1v) is 12.6. The lowest BCUT2D eigenvalue weighted by atomic mass is 10.0. The maximum absolute atomic E-state index is 13.2. The monoisotopic (exact) mass is 468 g/mol. The molecule has 3 aromatic carbocycles. The molecule has 0 aliphatic carbocycles. The average molecular weight is 469 g/mol. The number of carbonyl (C=O) groups is 2. The van der Waals surface area contributed by atoms with E-state index in [0.29, 0.717) is 23.8 Å². The van der Waals surface area contributed by atoms with E-state index >= 15 is 0 Å². The lowest BCUT2D eigenvalue weighted by Crippen LogP contribution is -2.42. The number of ketones is 1. The highest BCUT2D eigenvalue weighted by Gasteiger charge is 2.31. The molecule has 2 aliphatic rings. The summed E-state index contributed by atoms with van der Waals surface area (Å²) in [6, 6.07) is 24.6. The van der Waals surface area contributed by atoms with Crippen LogP contribution in [0, 0.1) is 0 Å². The van der Waals surface area contributed by atoms with Gasteiger partial charge in [-0.25, -0.2) is 0 Å². The van der Waals surface area contributed by atoms with Crippen LogP contribution in [0.25, 0.3) is 0 Å². The van der Waals surface area contributed by atoms with Crippen LogP contribution in [0.5, 0.6) is 5.75 Å². The van der Waals surface area contributed by atoms with E-state index in [-0.39, 0.29) is 11.7 Å². The van der Waals surface area contributed by atoms with Gasteiger partial charge in [0.25, 0.3) is 5.91 Å². The van der Waals surface area contributed by atoms with E-state index in [1.165, 1.54) is 12.8 Å². The molecule has 1 amide bonds. The van der Waals surface area contributed by atoms with Crippen LogP contribution in [0.1, 0.15) is 57.5 Å². The Morgan fingerprint density at radius 2 is 1.40 bits per heavy atom. The summed E-state index contributed by atoms with van der Waals surface area (Å²) in [6.45, 7) is 4.57. The highest BCUT2D eigenvalue weighted by Crippen LogP contribution is 2.24. The van der Waals surface area contributed by atoms with Gasteiger partial charge in [-0.15, -0.1) is 0 Å². The summed E-state index contributed by atoms with van der Waals surface area (Å²) < 4.78 is 5.93. The number of rotatable bonds is 8. The first kappa shape index (κ1) is 23.3. The molecule has 5 rings (SSSR count). The Morgan fingerprint density at radius 3 is 2.11 bits per heavy atom. The Kier molecular flexibility index (Phi) is 7.24. The zero-order chi connectivity index (χ0) is 24.0. The molecule has 1 unspecified atom stereocenters. The molecule has 5 heteroatoms. The number of carbonyl (C=O) groups excluding carboxylic acids is 2. The molecule has 35 heavy (non-hydrogen) atoms. The molecule has 0 spiro atoms. The highest BCUT2D eigenvalue weighted by molar-refractivity contribution is 6.08. The highest BCUT2D eigenvalue weighted by atomic mass is 16.5. The first-order chi connectivity index (χ1) is 17.2. The molecule has 2 fully saturated rings. The van der Waals surface area contributed by atoms with Crippen LogP contribution < -0.4 is 4.74 Å². The molecule has 3 aromatic rings. The largest absolute Gasteiger partial charge is 0.489 e. The summed E-state index contributed by atoms with van der Waals surface area (Å²) in [5, 5.41) is 0. The smallest absolute Gasteiger partial charge is 0.254 e. The molecule has 2 saturated heterocycles. The first-order valence-electron chi connectivity index (χ1n) is 12.6. The van der Waals surface area contributed by atoms with E-state index in [4.69, 9.17) is 4.74 Å². The molecule has 5 nitrogen and oxygen atoms in total. The minimum Gasteiger partial charge on any atom is -0.489 e. The Labute approximate surface area is 207 Å². The quantitative estimate of drug-likeness (QED) is 0.427. The molecular weight excluding hydrogens is 436 g/mol. The normalized spacial score (nSPS) is 18.1. The molecule has 0 bridgehead atoms. The Morgan fingerprint density at radius 1 is 0.743 bits per heavy atom.